The molecule has 1 heterocycles. The molecule has 5 heteroatoms. The molecule has 0 aliphatic carbocycles. The molecule has 0 unspecified atom stereocenters. The third-order valence-electron chi connectivity index (χ3n) is 3.15. The predicted molar refractivity (Wildman–Crippen MR) is 73.3 cm³/mol. The van der Waals surface area contributed by atoms with E-state index in [9.17, 15) is 4.79 Å². The zero-order chi connectivity index (χ0) is 13.1. The summed E-state index contributed by atoms with van der Waals surface area (Å²) in [7, 11) is 0. The monoisotopic (exact) mass is 307 g/mol. The van der Waals surface area contributed by atoms with Gasteiger partial charge in [-0.05, 0) is 18.2 Å². The molecule has 0 atom stereocenters. The van der Waals surface area contributed by atoms with Gasteiger partial charge in [-0.15, -0.1) is 0 Å². The highest BCUT2D eigenvalue weighted by Crippen LogP contribution is 2.25. The first-order valence-electron chi connectivity index (χ1n) is 5.82. The van der Waals surface area contributed by atoms with Crippen LogP contribution in [0.15, 0.2) is 22.7 Å². The van der Waals surface area contributed by atoms with E-state index in [-0.39, 0.29) is 5.91 Å². The van der Waals surface area contributed by atoms with Crippen molar-refractivity contribution in [2.75, 3.05) is 31.1 Å². The molecule has 0 saturated carbocycles. The van der Waals surface area contributed by atoms with E-state index in [0.717, 1.165) is 23.2 Å². The van der Waals surface area contributed by atoms with Crippen molar-refractivity contribution in [2.24, 2.45) is 0 Å². The summed E-state index contributed by atoms with van der Waals surface area (Å²) in [5, 5.41) is 9.12. The molecule has 1 aromatic rings. The summed E-state index contributed by atoms with van der Waals surface area (Å²) in [6.07, 6.45) is 0. The first kappa shape index (κ1) is 12.9. The number of rotatable bonds is 1. The highest BCUT2D eigenvalue weighted by molar-refractivity contribution is 9.10. The third-order valence-corrected chi connectivity index (χ3v) is 3.64. The lowest BCUT2D eigenvalue weighted by atomic mass is 10.1. The number of hydrogen-bond acceptors (Lipinski definition) is 3. The fourth-order valence-electron chi connectivity index (χ4n) is 2.12. The van der Waals surface area contributed by atoms with Gasteiger partial charge in [0, 0.05) is 37.6 Å². The summed E-state index contributed by atoms with van der Waals surface area (Å²) in [6, 6.07) is 7.86. The second-order valence-corrected chi connectivity index (χ2v) is 5.18. The Morgan fingerprint density at radius 1 is 1.33 bits per heavy atom. The molecule has 1 saturated heterocycles. The number of benzene rings is 1. The Bertz CT molecular complexity index is 501. The van der Waals surface area contributed by atoms with Crippen molar-refractivity contribution in [3.05, 3.63) is 28.2 Å². The average Bonchev–Trinajstić information content (AvgIpc) is 2.39. The van der Waals surface area contributed by atoms with E-state index in [2.05, 4.69) is 26.9 Å². The van der Waals surface area contributed by atoms with Gasteiger partial charge in [0.05, 0.1) is 11.3 Å². The summed E-state index contributed by atoms with van der Waals surface area (Å²) in [6.45, 7) is 4.56. The first-order valence-corrected chi connectivity index (χ1v) is 6.61. The maximum absolute atomic E-state index is 11.3. The number of anilines is 1. The molecular formula is C13H14BrN3O. The molecule has 94 valence electrons. The van der Waals surface area contributed by atoms with Gasteiger partial charge in [0.2, 0.25) is 5.91 Å². The molecule has 0 aromatic heterocycles. The standard InChI is InChI=1S/C13H14BrN3O/c1-10(18)16-4-6-17(7-5-16)13-8-12(14)3-2-11(13)9-15/h2-3,8H,4-7H2,1H3. The van der Waals surface area contributed by atoms with Crippen LogP contribution in [0.1, 0.15) is 12.5 Å². The van der Waals surface area contributed by atoms with E-state index in [1.165, 1.54) is 0 Å². The molecule has 1 amide bonds. The van der Waals surface area contributed by atoms with E-state index in [1.54, 1.807) is 6.92 Å². The number of carbonyl (C=O) groups excluding carboxylic acids is 1. The molecule has 0 N–H and O–H groups in total. The first-order chi connectivity index (χ1) is 8.61. The maximum Gasteiger partial charge on any atom is 0.219 e. The Morgan fingerprint density at radius 3 is 2.56 bits per heavy atom. The molecule has 0 radical (unpaired) electrons. The molecule has 0 bridgehead atoms. The van der Waals surface area contributed by atoms with Crippen LogP contribution in [-0.2, 0) is 4.79 Å². The molecule has 1 aliphatic heterocycles. The van der Waals surface area contributed by atoms with Crippen LogP contribution < -0.4 is 4.90 Å². The van der Waals surface area contributed by atoms with Crippen molar-refractivity contribution in [3.8, 4) is 6.07 Å². The quantitative estimate of drug-likeness (QED) is 0.797. The van der Waals surface area contributed by atoms with Crippen LogP contribution in [0.4, 0.5) is 5.69 Å². The van der Waals surface area contributed by atoms with Gasteiger partial charge in [0.15, 0.2) is 0 Å². The van der Waals surface area contributed by atoms with Gasteiger partial charge < -0.3 is 9.80 Å². The molecule has 1 fully saturated rings. The largest absolute Gasteiger partial charge is 0.367 e. The summed E-state index contributed by atoms with van der Waals surface area (Å²) in [4.78, 5) is 15.3. The third kappa shape index (κ3) is 2.65. The number of carbonyl (C=O) groups is 1. The molecular weight excluding hydrogens is 294 g/mol. The average molecular weight is 308 g/mol. The minimum atomic E-state index is 0.115. The molecule has 0 spiro atoms. The van der Waals surface area contributed by atoms with Gasteiger partial charge >= 0.3 is 0 Å². The Hall–Kier alpha value is -1.54. The summed E-state index contributed by atoms with van der Waals surface area (Å²) in [5.74, 6) is 0.115. The second kappa shape index (κ2) is 5.40. The zero-order valence-electron chi connectivity index (χ0n) is 10.2. The predicted octanol–water partition coefficient (Wildman–Crippen LogP) is 1.99. The number of nitriles is 1. The minimum Gasteiger partial charge on any atom is -0.367 e. The highest BCUT2D eigenvalue weighted by atomic mass is 79.9. The number of nitrogens with zero attached hydrogens (tertiary/aromatic N) is 3. The Morgan fingerprint density at radius 2 is 2.00 bits per heavy atom. The normalized spacial score (nSPS) is 15.4. The second-order valence-electron chi connectivity index (χ2n) is 4.27. The lowest BCUT2D eigenvalue weighted by Crippen LogP contribution is -2.48. The van der Waals surface area contributed by atoms with Crippen molar-refractivity contribution < 1.29 is 4.79 Å². The molecule has 1 aromatic carbocycles. The van der Waals surface area contributed by atoms with Crippen molar-refractivity contribution >= 4 is 27.5 Å². The van der Waals surface area contributed by atoms with Crippen LogP contribution >= 0.6 is 15.9 Å². The van der Waals surface area contributed by atoms with E-state index in [1.807, 2.05) is 23.1 Å². The smallest absolute Gasteiger partial charge is 0.219 e. The summed E-state index contributed by atoms with van der Waals surface area (Å²) < 4.78 is 0.963. The molecule has 1 aliphatic rings. The lowest BCUT2D eigenvalue weighted by Gasteiger charge is -2.36. The SMILES string of the molecule is CC(=O)N1CCN(c2cc(Br)ccc2C#N)CC1. The highest BCUT2D eigenvalue weighted by Gasteiger charge is 2.20. The number of halogens is 1. The van der Waals surface area contributed by atoms with E-state index in [0.29, 0.717) is 18.7 Å². The number of amides is 1. The number of hydrogen-bond donors (Lipinski definition) is 0. The van der Waals surface area contributed by atoms with E-state index >= 15 is 0 Å². The van der Waals surface area contributed by atoms with Gasteiger partial charge in [-0.1, -0.05) is 15.9 Å². The fourth-order valence-corrected chi connectivity index (χ4v) is 2.47. The number of piperazine rings is 1. The van der Waals surface area contributed by atoms with Crippen LogP contribution in [-0.4, -0.2) is 37.0 Å². The lowest BCUT2D eigenvalue weighted by molar-refractivity contribution is -0.129. The van der Waals surface area contributed by atoms with Crippen LogP contribution in [0.5, 0.6) is 0 Å². The Kier molecular flexibility index (Phi) is 3.87. The summed E-state index contributed by atoms with van der Waals surface area (Å²) >= 11 is 3.43. The van der Waals surface area contributed by atoms with Crippen molar-refractivity contribution in [2.45, 2.75) is 6.92 Å². The van der Waals surface area contributed by atoms with Crippen LogP contribution in [0, 0.1) is 11.3 Å². The molecule has 4 nitrogen and oxygen atoms in total. The van der Waals surface area contributed by atoms with Crippen LogP contribution in [0.3, 0.4) is 0 Å². The topological polar surface area (TPSA) is 47.3 Å². The maximum atomic E-state index is 11.3. The van der Waals surface area contributed by atoms with Gasteiger partial charge in [0.1, 0.15) is 6.07 Å². The van der Waals surface area contributed by atoms with Crippen molar-refractivity contribution in [1.29, 1.82) is 5.26 Å². The molecule has 2 rings (SSSR count). The van der Waals surface area contributed by atoms with Gasteiger partial charge in [0.25, 0.3) is 0 Å². The fraction of sp³-hybridized carbons (Fsp3) is 0.385. The van der Waals surface area contributed by atoms with Crippen LogP contribution in [0.2, 0.25) is 0 Å². The molecule has 18 heavy (non-hydrogen) atoms. The Labute approximate surface area is 115 Å². The van der Waals surface area contributed by atoms with Gasteiger partial charge in [-0.25, -0.2) is 0 Å². The van der Waals surface area contributed by atoms with Gasteiger partial charge in [-0.2, -0.15) is 5.26 Å². The van der Waals surface area contributed by atoms with E-state index in [4.69, 9.17) is 5.26 Å². The minimum absolute atomic E-state index is 0.115. The van der Waals surface area contributed by atoms with E-state index < -0.39 is 0 Å². The van der Waals surface area contributed by atoms with Crippen LogP contribution in [0.25, 0.3) is 0 Å². The van der Waals surface area contributed by atoms with Crippen molar-refractivity contribution in [1.82, 2.24) is 4.90 Å². The zero-order valence-corrected chi connectivity index (χ0v) is 11.8. The Balaban J connectivity index is 2.17. The summed E-state index contributed by atoms with van der Waals surface area (Å²) in [5.41, 5.74) is 1.62. The van der Waals surface area contributed by atoms with Crippen molar-refractivity contribution in [3.63, 3.8) is 0 Å². The van der Waals surface area contributed by atoms with Gasteiger partial charge in [-0.3, -0.25) is 4.79 Å².